The standard InChI is InChI=1S/C14H14N2O4/c17-13(18)10-7-16(14(19)20)6-5-9-8-3-1-2-4-11(8)15-12(9)10/h1-4,10,15H,5-7H2,(H,17,18)(H,19,20). The Morgan fingerprint density at radius 1 is 1.25 bits per heavy atom. The fraction of sp³-hybridized carbons (Fsp3) is 0.286. The van der Waals surface area contributed by atoms with E-state index < -0.39 is 18.0 Å². The van der Waals surface area contributed by atoms with Crippen molar-refractivity contribution in [1.82, 2.24) is 9.88 Å². The molecule has 6 heteroatoms. The molecule has 3 rings (SSSR count). The first kappa shape index (κ1) is 12.5. The third-order valence-corrected chi connectivity index (χ3v) is 3.80. The van der Waals surface area contributed by atoms with Crippen molar-refractivity contribution in [2.45, 2.75) is 12.3 Å². The molecule has 1 amide bonds. The number of nitrogens with one attached hydrogen (secondary N) is 1. The average molecular weight is 274 g/mol. The molecule has 1 aliphatic heterocycles. The van der Waals surface area contributed by atoms with Gasteiger partial charge in [0, 0.05) is 29.7 Å². The summed E-state index contributed by atoms with van der Waals surface area (Å²) in [6.07, 6.45) is -0.555. The lowest BCUT2D eigenvalue weighted by atomic mass is 10.00. The number of benzene rings is 1. The predicted octanol–water partition coefficient (Wildman–Crippen LogP) is 1.87. The van der Waals surface area contributed by atoms with Crippen molar-refractivity contribution in [3.05, 3.63) is 35.5 Å². The summed E-state index contributed by atoms with van der Waals surface area (Å²) in [5.41, 5.74) is 2.44. The highest BCUT2D eigenvalue weighted by Crippen LogP contribution is 2.31. The zero-order chi connectivity index (χ0) is 14.3. The molecule has 104 valence electrons. The third kappa shape index (κ3) is 1.89. The van der Waals surface area contributed by atoms with Crippen LogP contribution < -0.4 is 0 Å². The van der Waals surface area contributed by atoms with Crippen LogP contribution >= 0.6 is 0 Å². The molecule has 0 aliphatic carbocycles. The van der Waals surface area contributed by atoms with Crippen LogP contribution in [0.15, 0.2) is 24.3 Å². The molecule has 1 aliphatic rings. The van der Waals surface area contributed by atoms with Gasteiger partial charge in [-0.3, -0.25) is 4.79 Å². The van der Waals surface area contributed by atoms with Crippen molar-refractivity contribution in [3.8, 4) is 0 Å². The van der Waals surface area contributed by atoms with Crippen LogP contribution in [-0.4, -0.2) is 45.2 Å². The van der Waals surface area contributed by atoms with Gasteiger partial charge in [-0.25, -0.2) is 4.79 Å². The van der Waals surface area contributed by atoms with Gasteiger partial charge in [0.15, 0.2) is 0 Å². The lowest BCUT2D eigenvalue weighted by molar-refractivity contribution is -0.139. The van der Waals surface area contributed by atoms with Gasteiger partial charge in [0.2, 0.25) is 0 Å². The van der Waals surface area contributed by atoms with Crippen LogP contribution in [0, 0.1) is 0 Å². The number of carboxylic acid groups (broad SMARTS) is 2. The van der Waals surface area contributed by atoms with E-state index in [4.69, 9.17) is 5.11 Å². The van der Waals surface area contributed by atoms with E-state index in [2.05, 4.69) is 4.98 Å². The van der Waals surface area contributed by atoms with Crippen molar-refractivity contribution in [2.75, 3.05) is 13.1 Å². The smallest absolute Gasteiger partial charge is 0.407 e. The van der Waals surface area contributed by atoms with Crippen LogP contribution in [0.5, 0.6) is 0 Å². The number of nitrogens with zero attached hydrogens (tertiary/aromatic N) is 1. The largest absolute Gasteiger partial charge is 0.481 e. The Morgan fingerprint density at radius 3 is 2.70 bits per heavy atom. The Kier molecular flexibility index (Phi) is 2.85. The van der Waals surface area contributed by atoms with Gasteiger partial charge in [-0.05, 0) is 18.1 Å². The molecule has 6 nitrogen and oxygen atoms in total. The predicted molar refractivity (Wildman–Crippen MR) is 72.0 cm³/mol. The minimum atomic E-state index is -1.08. The molecule has 1 aromatic heterocycles. The van der Waals surface area contributed by atoms with E-state index >= 15 is 0 Å². The number of H-pyrrole nitrogens is 1. The molecule has 1 aromatic carbocycles. The second kappa shape index (κ2) is 4.56. The van der Waals surface area contributed by atoms with E-state index in [0.29, 0.717) is 18.7 Å². The Hall–Kier alpha value is -2.50. The second-order valence-electron chi connectivity index (χ2n) is 4.93. The second-order valence-corrected chi connectivity index (χ2v) is 4.93. The molecule has 2 aromatic rings. The summed E-state index contributed by atoms with van der Waals surface area (Å²) in [6, 6.07) is 7.61. The van der Waals surface area contributed by atoms with Crippen LogP contribution in [0.4, 0.5) is 4.79 Å². The molecule has 0 saturated heterocycles. The minimum Gasteiger partial charge on any atom is -0.481 e. The SMILES string of the molecule is O=C(O)C1CN(C(=O)O)CCc2c1[nH]c1ccccc21. The van der Waals surface area contributed by atoms with Crippen molar-refractivity contribution >= 4 is 23.0 Å². The summed E-state index contributed by atoms with van der Waals surface area (Å²) in [5, 5.41) is 19.5. The number of carboxylic acids is 1. The molecule has 0 spiro atoms. The zero-order valence-corrected chi connectivity index (χ0v) is 10.7. The molecule has 20 heavy (non-hydrogen) atoms. The van der Waals surface area contributed by atoms with Gasteiger partial charge in [-0.15, -0.1) is 0 Å². The molecule has 0 fully saturated rings. The summed E-state index contributed by atoms with van der Waals surface area (Å²) < 4.78 is 0. The topological polar surface area (TPSA) is 93.6 Å². The van der Waals surface area contributed by atoms with Crippen LogP contribution in [0.25, 0.3) is 10.9 Å². The van der Waals surface area contributed by atoms with Gasteiger partial charge in [0.05, 0.1) is 0 Å². The Bertz CT molecular complexity index is 692. The lowest BCUT2D eigenvalue weighted by Gasteiger charge is -2.19. The highest BCUT2D eigenvalue weighted by atomic mass is 16.4. The van der Waals surface area contributed by atoms with E-state index in [1.165, 1.54) is 4.90 Å². The van der Waals surface area contributed by atoms with Gasteiger partial charge in [0.25, 0.3) is 0 Å². The van der Waals surface area contributed by atoms with Crippen molar-refractivity contribution < 1.29 is 19.8 Å². The normalized spacial score (nSPS) is 18.6. The number of rotatable bonds is 1. The van der Waals surface area contributed by atoms with Crippen molar-refractivity contribution in [2.24, 2.45) is 0 Å². The summed E-state index contributed by atoms with van der Waals surface area (Å²) in [6.45, 7) is 0.290. The molecule has 2 heterocycles. The molecule has 3 N–H and O–H groups in total. The van der Waals surface area contributed by atoms with Crippen LogP contribution in [0.2, 0.25) is 0 Å². The third-order valence-electron chi connectivity index (χ3n) is 3.80. The molecule has 0 bridgehead atoms. The van der Waals surface area contributed by atoms with Gasteiger partial charge in [0.1, 0.15) is 5.92 Å². The van der Waals surface area contributed by atoms with Crippen molar-refractivity contribution in [1.29, 1.82) is 0 Å². The highest BCUT2D eigenvalue weighted by Gasteiger charge is 2.32. The van der Waals surface area contributed by atoms with Crippen molar-refractivity contribution in [3.63, 3.8) is 0 Å². The van der Waals surface area contributed by atoms with Gasteiger partial charge >= 0.3 is 12.1 Å². The number of hydrogen-bond donors (Lipinski definition) is 3. The number of carbonyl (C=O) groups is 2. The molecule has 1 unspecified atom stereocenters. The summed E-state index contributed by atoms with van der Waals surface area (Å²) >= 11 is 0. The number of fused-ring (bicyclic) bond motifs is 3. The quantitative estimate of drug-likeness (QED) is 0.740. The number of aromatic nitrogens is 1. The maximum Gasteiger partial charge on any atom is 0.407 e. The molecule has 1 atom stereocenters. The summed E-state index contributed by atoms with van der Waals surface area (Å²) in [5.74, 6) is -1.86. The average Bonchev–Trinajstić information content (AvgIpc) is 2.65. The Balaban J connectivity index is 2.14. The van der Waals surface area contributed by atoms with E-state index in [0.717, 1.165) is 16.5 Å². The number of hydrogen-bond acceptors (Lipinski definition) is 2. The first-order valence-electron chi connectivity index (χ1n) is 6.38. The van der Waals surface area contributed by atoms with Gasteiger partial charge < -0.3 is 20.1 Å². The first-order chi connectivity index (χ1) is 9.58. The zero-order valence-electron chi connectivity index (χ0n) is 10.7. The highest BCUT2D eigenvalue weighted by molar-refractivity contribution is 5.88. The maximum absolute atomic E-state index is 11.5. The van der Waals surface area contributed by atoms with E-state index in [-0.39, 0.29) is 6.54 Å². The van der Waals surface area contributed by atoms with Crippen LogP contribution in [0.3, 0.4) is 0 Å². The van der Waals surface area contributed by atoms with Gasteiger partial charge in [-0.2, -0.15) is 0 Å². The van der Waals surface area contributed by atoms with E-state index in [1.54, 1.807) is 0 Å². The number of aromatic amines is 1. The van der Waals surface area contributed by atoms with E-state index in [9.17, 15) is 14.7 Å². The van der Waals surface area contributed by atoms with Crippen LogP contribution in [0.1, 0.15) is 17.2 Å². The van der Waals surface area contributed by atoms with E-state index in [1.807, 2.05) is 24.3 Å². The molecular formula is C14H14N2O4. The lowest BCUT2D eigenvalue weighted by Crippen LogP contribution is -2.35. The maximum atomic E-state index is 11.5. The minimum absolute atomic E-state index is 0.0233. The fourth-order valence-electron chi connectivity index (χ4n) is 2.81. The van der Waals surface area contributed by atoms with Gasteiger partial charge in [-0.1, -0.05) is 18.2 Å². The fourth-order valence-corrected chi connectivity index (χ4v) is 2.81. The first-order valence-corrected chi connectivity index (χ1v) is 6.38. The molecule has 0 radical (unpaired) electrons. The number of amides is 1. The number of aliphatic carboxylic acids is 1. The Morgan fingerprint density at radius 2 is 2.00 bits per heavy atom. The number of para-hydroxylation sites is 1. The Labute approximate surface area is 114 Å². The van der Waals surface area contributed by atoms with Crippen LogP contribution in [-0.2, 0) is 11.2 Å². The summed E-state index contributed by atoms with van der Waals surface area (Å²) in [4.78, 5) is 26.9. The summed E-state index contributed by atoms with van der Waals surface area (Å²) in [7, 11) is 0. The molecule has 0 saturated carbocycles. The molecular weight excluding hydrogens is 260 g/mol. The monoisotopic (exact) mass is 274 g/mol.